The minimum atomic E-state index is -0.516. The van der Waals surface area contributed by atoms with Crippen LogP contribution in [0.5, 0.6) is 0 Å². The van der Waals surface area contributed by atoms with Crippen LogP contribution in [0.1, 0.15) is 40.1 Å². The molecule has 0 radical (unpaired) electrons. The summed E-state index contributed by atoms with van der Waals surface area (Å²) in [5.74, 6) is -0.920. The first-order chi connectivity index (χ1) is 12.4. The van der Waals surface area contributed by atoms with Gasteiger partial charge in [0.15, 0.2) is 0 Å². The van der Waals surface area contributed by atoms with Crippen molar-refractivity contribution >= 4 is 35.0 Å². The third-order valence-corrected chi connectivity index (χ3v) is 4.53. The van der Waals surface area contributed by atoms with E-state index < -0.39 is 11.8 Å². The number of benzene rings is 2. The van der Waals surface area contributed by atoms with Crippen molar-refractivity contribution in [3.63, 3.8) is 0 Å². The van der Waals surface area contributed by atoms with Gasteiger partial charge in [-0.3, -0.25) is 25.3 Å². The van der Waals surface area contributed by atoms with Crippen molar-refractivity contribution in [1.29, 1.82) is 0 Å². The largest absolute Gasteiger partial charge is 0.300 e. The maximum Gasteiger partial charge on any atom is 0.271 e. The van der Waals surface area contributed by atoms with Crippen molar-refractivity contribution < 1.29 is 9.59 Å². The number of hydrogen-bond acceptors (Lipinski definition) is 3. The zero-order valence-corrected chi connectivity index (χ0v) is 16.2. The molecule has 0 aliphatic carbocycles. The number of nitrogens with zero attached hydrogens (tertiary/aromatic N) is 1. The zero-order valence-electron chi connectivity index (χ0n) is 14.7. The van der Waals surface area contributed by atoms with Gasteiger partial charge >= 0.3 is 0 Å². The standard InChI is InChI=1S/C19H21Cl2N3O2/c1-3-24(4-2)12-13-5-7-14(8-6-13)18(25)22-23-19(26)16-10-9-15(20)11-17(16)21/h5-11H,3-4,12H2,1-2H3,(H,22,25)(H,23,26). The number of carbonyl (C=O) groups excluding carboxylic acids is 2. The van der Waals surface area contributed by atoms with Crippen LogP contribution in [0.2, 0.25) is 10.0 Å². The highest BCUT2D eigenvalue weighted by Gasteiger charge is 2.12. The molecule has 138 valence electrons. The molecule has 26 heavy (non-hydrogen) atoms. The molecule has 7 heteroatoms. The fraction of sp³-hybridized carbons (Fsp3) is 0.263. The van der Waals surface area contributed by atoms with Crippen molar-refractivity contribution in [2.45, 2.75) is 20.4 Å². The first-order valence-corrected chi connectivity index (χ1v) is 9.07. The molecule has 0 bridgehead atoms. The number of halogens is 2. The van der Waals surface area contributed by atoms with E-state index in [-0.39, 0.29) is 10.6 Å². The lowest BCUT2D eigenvalue weighted by Crippen LogP contribution is -2.41. The van der Waals surface area contributed by atoms with E-state index in [1.807, 2.05) is 12.1 Å². The first-order valence-electron chi connectivity index (χ1n) is 8.31. The van der Waals surface area contributed by atoms with Crippen LogP contribution in [0, 0.1) is 0 Å². The van der Waals surface area contributed by atoms with Crippen molar-refractivity contribution in [2.75, 3.05) is 13.1 Å². The van der Waals surface area contributed by atoms with E-state index in [1.54, 1.807) is 18.2 Å². The van der Waals surface area contributed by atoms with Gasteiger partial charge in [0.25, 0.3) is 11.8 Å². The van der Waals surface area contributed by atoms with Crippen LogP contribution in [0.3, 0.4) is 0 Å². The Kier molecular flexibility index (Phi) is 7.45. The van der Waals surface area contributed by atoms with Gasteiger partial charge in [-0.05, 0) is 49.0 Å². The zero-order chi connectivity index (χ0) is 19.1. The molecule has 2 aromatic rings. The number of rotatable bonds is 6. The molecule has 0 atom stereocenters. The highest BCUT2D eigenvalue weighted by atomic mass is 35.5. The number of hydrogen-bond donors (Lipinski definition) is 2. The summed E-state index contributed by atoms with van der Waals surface area (Å²) in [5, 5.41) is 0.644. The average Bonchev–Trinajstić information content (AvgIpc) is 2.64. The highest BCUT2D eigenvalue weighted by Crippen LogP contribution is 2.20. The van der Waals surface area contributed by atoms with E-state index in [4.69, 9.17) is 23.2 Å². The molecule has 2 rings (SSSR count). The molecule has 0 heterocycles. The lowest BCUT2D eigenvalue weighted by molar-refractivity contribution is 0.0846. The summed E-state index contributed by atoms with van der Waals surface area (Å²) >= 11 is 11.8. The Morgan fingerprint density at radius 3 is 2.12 bits per heavy atom. The third-order valence-electron chi connectivity index (χ3n) is 3.98. The summed E-state index contributed by atoms with van der Waals surface area (Å²) in [6, 6.07) is 11.8. The van der Waals surface area contributed by atoms with Gasteiger partial charge in [0.05, 0.1) is 10.6 Å². The third kappa shape index (κ3) is 5.46. The second-order valence-corrected chi connectivity index (χ2v) is 6.53. The number of carbonyl (C=O) groups is 2. The smallest absolute Gasteiger partial charge is 0.271 e. The second-order valence-electron chi connectivity index (χ2n) is 5.69. The van der Waals surface area contributed by atoms with E-state index in [9.17, 15) is 9.59 Å². The molecule has 0 aliphatic rings. The predicted molar refractivity (Wildman–Crippen MR) is 104 cm³/mol. The van der Waals surface area contributed by atoms with Crippen LogP contribution in [0.4, 0.5) is 0 Å². The Labute approximate surface area is 163 Å². The molecule has 0 fully saturated rings. The first kappa shape index (κ1) is 20.2. The van der Waals surface area contributed by atoms with Crippen molar-refractivity contribution in [1.82, 2.24) is 15.8 Å². The van der Waals surface area contributed by atoms with Crippen molar-refractivity contribution in [2.24, 2.45) is 0 Å². The highest BCUT2D eigenvalue weighted by molar-refractivity contribution is 6.36. The summed E-state index contributed by atoms with van der Waals surface area (Å²) in [6.45, 7) is 7.00. The normalized spacial score (nSPS) is 10.7. The van der Waals surface area contributed by atoms with Crippen LogP contribution in [0.15, 0.2) is 42.5 Å². The quantitative estimate of drug-likeness (QED) is 0.731. The molecular weight excluding hydrogens is 373 g/mol. The van der Waals surface area contributed by atoms with Gasteiger partial charge in [0.1, 0.15) is 0 Å². The Morgan fingerprint density at radius 1 is 0.923 bits per heavy atom. The van der Waals surface area contributed by atoms with Gasteiger partial charge in [0, 0.05) is 17.1 Å². The molecule has 0 aliphatic heterocycles. The van der Waals surface area contributed by atoms with Gasteiger partial charge in [0.2, 0.25) is 0 Å². The van der Waals surface area contributed by atoms with Crippen LogP contribution in [-0.4, -0.2) is 29.8 Å². The maximum absolute atomic E-state index is 12.2. The Bertz CT molecular complexity index is 775. The number of nitrogens with one attached hydrogen (secondary N) is 2. The van der Waals surface area contributed by atoms with Crippen LogP contribution >= 0.6 is 23.2 Å². The van der Waals surface area contributed by atoms with E-state index in [1.165, 1.54) is 12.1 Å². The molecule has 2 N–H and O–H groups in total. The molecule has 2 aromatic carbocycles. The number of hydrazine groups is 1. The summed E-state index contributed by atoms with van der Waals surface area (Å²) in [6.07, 6.45) is 0. The monoisotopic (exact) mass is 393 g/mol. The minimum Gasteiger partial charge on any atom is -0.300 e. The summed E-state index contributed by atoms with van der Waals surface area (Å²) in [7, 11) is 0. The van der Waals surface area contributed by atoms with Gasteiger partial charge < -0.3 is 0 Å². The van der Waals surface area contributed by atoms with Crippen molar-refractivity contribution in [3.8, 4) is 0 Å². The van der Waals surface area contributed by atoms with E-state index >= 15 is 0 Å². The van der Waals surface area contributed by atoms with E-state index in [2.05, 4.69) is 29.6 Å². The SMILES string of the molecule is CCN(CC)Cc1ccc(C(=O)NNC(=O)c2ccc(Cl)cc2Cl)cc1. The fourth-order valence-electron chi connectivity index (χ4n) is 2.39. The number of amides is 2. The summed E-state index contributed by atoms with van der Waals surface area (Å²) < 4.78 is 0. The molecule has 0 aromatic heterocycles. The van der Waals surface area contributed by atoms with Crippen molar-refractivity contribution in [3.05, 3.63) is 69.2 Å². The van der Waals surface area contributed by atoms with Crippen LogP contribution < -0.4 is 10.9 Å². The van der Waals surface area contributed by atoms with Crippen LogP contribution in [-0.2, 0) is 6.54 Å². The molecule has 2 amide bonds. The molecule has 0 saturated heterocycles. The summed E-state index contributed by atoms with van der Waals surface area (Å²) in [5.41, 5.74) is 6.54. The Hall–Kier alpha value is -2.08. The van der Waals surface area contributed by atoms with Gasteiger partial charge in [-0.15, -0.1) is 0 Å². The Morgan fingerprint density at radius 2 is 1.54 bits per heavy atom. The topological polar surface area (TPSA) is 61.4 Å². The van der Waals surface area contributed by atoms with Gasteiger partial charge in [-0.25, -0.2) is 0 Å². The second kappa shape index (κ2) is 9.57. The molecular formula is C19H21Cl2N3O2. The van der Waals surface area contributed by atoms with Crippen LogP contribution in [0.25, 0.3) is 0 Å². The lowest BCUT2D eigenvalue weighted by Gasteiger charge is -2.18. The average molecular weight is 394 g/mol. The molecule has 0 unspecified atom stereocenters. The lowest BCUT2D eigenvalue weighted by atomic mass is 10.1. The van der Waals surface area contributed by atoms with E-state index in [0.29, 0.717) is 10.6 Å². The predicted octanol–water partition coefficient (Wildman–Crippen LogP) is 3.91. The summed E-state index contributed by atoms with van der Waals surface area (Å²) in [4.78, 5) is 26.6. The minimum absolute atomic E-state index is 0.213. The molecule has 0 spiro atoms. The Balaban J connectivity index is 1.94. The molecule has 0 saturated carbocycles. The van der Waals surface area contributed by atoms with Gasteiger partial charge in [-0.2, -0.15) is 0 Å². The molecule has 5 nitrogen and oxygen atoms in total. The maximum atomic E-state index is 12.2. The van der Waals surface area contributed by atoms with Gasteiger partial charge in [-0.1, -0.05) is 49.2 Å². The van der Waals surface area contributed by atoms with E-state index in [0.717, 1.165) is 25.2 Å². The fourth-order valence-corrected chi connectivity index (χ4v) is 2.89.